The van der Waals surface area contributed by atoms with Gasteiger partial charge in [0.05, 0.1) is 6.04 Å². The second kappa shape index (κ2) is 13.9. The number of fused-ring (bicyclic) bond motifs is 2. The van der Waals surface area contributed by atoms with Crippen LogP contribution in [0.2, 0.25) is 0 Å². The Kier molecular flexibility index (Phi) is 9.59. The maximum absolute atomic E-state index is 13.8. The van der Waals surface area contributed by atoms with Crippen molar-refractivity contribution >= 4 is 45.5 Å². The third kappa shape index (κ3) is 7.57. The number of hydrogen-bond donors (Lipinski definition) is 7. The normalized spacial score (nSPS) is 13.9. The molecule has 11 heteroatoms. The summed E-state index contributed by atoms with van der Waals surface area (Å²) in [5.74, 6) is -3.00. The lowest BCUT2D eigenvalue weighted by Crippen LogP contribution is -2.58. The predicted octanol–water partition coefficient (Wildman–Crippen LogP) is 2.56. The molecular weight excluding hydrogens is 572 g/mol. The lowest BCUT2D eigenvalue weighted by molar-refractivity contribution is -0.142. The van der Waals surface area contributed by atoms with Crippen molar-refractivity contribution in [2.24, 2.45) is 5.73 Å². The molecular formula is C34H36N6O5. The summed E-state index contributed by atoms with van der Waals surface area (Å²) in [4.78, 5) is 58.8. The van der Waals surface area contributed by atoms with Crippen molar-refractivity contribution in [2.75, 3.05) is 0 Å². The van der Waals surface area contributed by atoms with Crippen molar-refractivity contribution in [1.29, 1.82) is 0 Å². The number of aromatic amines is 2. The summed E-state index contributed by atoms with van der Waals surface area (Å²) in [6, 6.07) is 19.8. The van der Waals surface area contributed by atoms with Crippen LogP contribution in [-0.4, -0.2) is 62.9 Å². The minimum atomic E-state index is -1.26. The van der Waals surface area contributed by atoms with Gasteiger partial charge >= 0.3 is 5.97 Å². The average Bonchev–Trinajstić information content (AvgIpc) is 3.64. The summed E-state index contributed by atoms with van der Waals surface area (Å²) in [6.45, 7) is 1.52. The molecule has 232 valence electrons. The van der Waals surface area contributed by atoms with Gasteiger partial charge in [-0.2, -0.15) is 0 Å². The first-order chi connectivity index (χ1) is 21.7. The smallest absolute Gasteiger partial charge is 0.326 e. The van der Waals surface area contributed by atoms with Crippen molar-refractivity contribution in [2.45, 2.75) is 50.4 Å². The van der Waals surface area contributed by atoms with Crippen LogP contribution in [0.25, 0.3) is 21.8 Å². The number of nitrogens with one attached hydrogen (secondary N) is 5. The molecule has 45 heavy (non-hydrogen) atoms. The number of nitrogens with two attached hydrogens (primary N) is 1. The quantitative estimate of drug-likeness (QED) is 0.108. The van der Waals surface area contributed by atoms with E-state index in [1.54, 1.807) is 12.4 Å². The van der Waals surface area contributed by atoms with Gasteiger partial charge in [-0.05, 0) is 35.7 Å². The zero-order valence-corrected chi connectivity index (χ0v) is 24.7. The third-order valence-corrected chi connectivity index (χ3v) is 7.77. The van der Waals surface area contributed by atoms with Gasteiger partial charge in [-0.3, -0.25) is 14.4 Å². The first-order valence-corrected chi connectivity index (χ1v) is 14.7. The number of aliphatic carboxylic acids is 1. The Morgan fingerprint density at radius 2 is 1.09 bits per heavy atom. The summed E-state index contributed by atoms with van der Waals surface area (Å²) in [5, 5.41) is 19.9. The summed E-state index contributed by atoms with van der Waals surface area (Å²) in [7, 11) is 0. The molecule has 8 N–H and O–H groups in total. The molecule has 0 radical (unpaired) electrons. The fraction of sp³-hybridized carbons (Fsp3) is 0.235. The molecule has 5 rings (SSSR count). The van der Waals surface area contributed by atoms with E-state index in [-0.39, 0.29) is 19.3 Å². The maximum Gasteiger partial charge on any atom is 0.326 e. The standard InChI is InChI=1S/C34H36N6O5/c1-20(35)31(41)38-29(16-22-18-36-26-13-7-5-11-24(22)26)33(43)39-28(15-21-9-3-2-4-10-21)32(42)40-30(34(44)45)17-23-19-37-27-14-8-6-12-25(23)27/h2-14,18-20,28-30,36-37H,15-17,35H2,1H3,(H,38,41)(H,39,43)(H,40,42)(H,44,45)/t20-,28+,29+,30+/m0/s1. The van der Waals surface area contributed by atoms with Crippen LogP contribution in [0.4, 0.5) is 0 Å². The summed E-state index contributed by atoms with van der Waals surface area (Å²) >= 11 is 0. The topological polar surface area (TPSA) is 182 Å². The molecule has 4 atom stereocenters. The van der Waals surface area contributed by atoms with Crippen molar-refractivity contribution in [3.05, 3.63) is 108 Å². The van der Waals surface area contributed by atoms with E-state index in [1.807, 2.05) is 78.9 Å². The van der Waals surface area contributed by atoms with Crippen LogP contribution in [-0.2, 0) is 38.4 Å². The van der Waals surface area contributed by atoms with Crippen molar-refractivity contribution in [3.8, 4) is 0 Å². The number of rotatable bonds is 13. The summed E-state index contributed by atoms with van der Waals surface area (Å²) in [5.41, 5.74) is 9.82. The fourth-order valence-corrected chi connectivity index (χ4v) is 5.36. The van der Waals surface area contributed by atoms with E-state index < -0.39 is 47.9 Å². The molecule has 0 saturated heterocycles. The van der Waals surface area contributed by atoms with E-state index in [0.29, 0.717) is 0 Å². The largest absolute Gasteiger partial charge is 0.480 e. The highest BCUT2D eigenvalue weighted by Gasteiger charge is 2.31. The zero-order valence-electron chi connectivity index (χ0n) is 24.7. The van der Waals surface area contributed by atoms with Crippen LogP contribution >= 0.6 is 0 Å². The third-order valence-electron chi connectivity index (χ3n) is 7.77. The van der Waals surface area contributed by atoms with Gasteiger partial charge in [0, 0.05) is 53.5 Å². The molecule has 0 aliphatic heterocycles. The lowest BCUT2D eigenvalue weighted by atomic mass is 10.0. The van der Waals surface area contributed by atoms with E-state index >= 15 is 0 Å². The Morgan fingerprint density at radius 3 is 1.62 bits per heavy atom. The molecule has 5 aromatic rings. The molecule has 3 aromatic carbocycles. The van der Waals surface area contributed by atoms with Crippen LogP contribution in [0.15, 0.2) is 91.3 Å². The SMILES string of the molecule is C[C@H](N)C(=O)N[C@H](Cc1c[nH]c2ccccc12)C(=O)N[C@H](Cc1ccccc1)C(=O)N[C@H](Cc1c[nH]c2ccccc12)C(=O)O. The van der Waals surface area contributed by atoms with E-state index in [9.17, 15) is 24.3 Å². The highest BCUT2D eigenvalue weighted by atomic mass is 16.4. The molecule has 0 aliphatic carbocycles. The molecule has 11 nitrogen and oxygen atoms in total. The number of carbonyl (C=O) groups is 4. The van der Waals surface area contributed by atoms with E-state index in [0.717, 1.165) is 38.5 Å². The van der Waals surface area contributed by atoms with Gasteiger partial charge in [-0.25, -0.2) is 4.79 Å². The number of H-pyrrole nitrogens is 2. The number of hydrogen-bond acceptors (Lipinski definition) is 5. The zero-order chi connectivity index (χ0) is 31.9. The Balaban J connectivity index is 1.38. The van der Waals surface area contributed by atoms with Crippen LogP contribution in [0.3, 0.4) is 0 Å². The number of benzene rings is 3. The van der Waals surface area contributed by atoms with Gasteiger partial charge in [0.2, 0.25) is 17.7 Å². The second-order valence-electron chi connectivity index (χ2n) is 11.1. The molecule has 2 heterocycles. The molecule has 0 spiro atoms. The van der Waals surface area contributed by atoms with Crippen molar-refractivity contribution in [1.82, 2.24) is 25.9 Å². The number of carboxylic acids is 1. The van der Waals surface area contributed by atoms with Gasteiger partial charge in [0.15, 0.2) is 0 Å². The van der Waals surface area contributed by atoms with Gasteiger partial charge in [0.1, 0.15) is 18.1 Å². The van der Waals surface area contributed by atoms with Crippen LogP contribution < -0.4 is 21.7 Å². The molecule has 3 amide bonds. The molecule has 0 aliphatic rings. The Morgan fingerprint density at radius 1 is 0.644 bits per heavy atom. The van der Waals surface area contributed by atoms with E-state index in [2.05, 4.69) is 25.9 Å². The van der Waals surface area contributed by atoms with Gasteiger partial charge in [-0.15, -0.1) is 0 Å². The van der Waals surface area contributed by atoms with E-state index in [1.165, 1.54) is 6.92 Å². The summed E-state index contributed by atoms with van der Waals surface area (Å²) in [6.07, 6.45) is 3.77. The Labute approximate surface area is 259 Å². The van der Waals surface area contributed by atoms with Gasteiger partial charge in [0.25, 0.3) is 0 Å². The fourth-order valence-electron chi connectivity index (χ4n) is 5.36. The number of para-hydroxylation sites is 2. The van der Waals surface area contributed by atoms with Crippen LogP contribution in [0, 0.1) is 0 Å². The monoisotopic (exact) mass is 608 g/mol. The van der Waals surface area contributed by atoms with Crippen molar-refractivity contribution < 1.29 is 24.3 Å². The highest BCUT2D eigenvalue weighted by Crippen LogP contribution is 2.21. The molecule has 0 saturated carbocycles. The molecule has 0 unspecified atom stereocenters. The highest BCUT2D eigenvalue weighted by molar-refractivity contribution is 5.95. The van der Waals surface area contributed by atoms with Crippen LogP contribution in [0.1, 0.15) is 23.6 Å². The number of amides is 3. The first-order valence-electron chi connectivity index (χ1n) is 14.7. The van der Waals surface area contributed by atoms with Crippen molar-refractivity contribution in [3.63, 3.8) is 0 Å². The van der Waals surface area contributed by atoms with Gasteiger partial charge < -0.3 is 36.8 Å². The average molecular weight is 609 g/mol. The molecule has 0 bridgehead atoms. The molecule has 2 aromatic heterocycles. The predicted molar refractivity (Wildman–Crippen MR) is 171 cm³/mol. The lowest BCUT2D eigenvalue weighted by Gasteiger charge is -2.25. The van der Waals surface area contributed by atoms with Crippen LogP contribution in [0.5, 0.6) is 0 Å². The number of aromatic nitrogens is 2. The first kappa shape index (κ1) is 31.0. The number of carbonyl (C=O) groups excluding carboxylic acids is 3. The Hall–Kier alpha value is -5.42. The maximum atomic E-state index is 13.8. The van der Waals surface area contributed by atoms with E-state index in [4.69, 9.17) is 5.73 Å². The van der Waals surface area contributed by atoms with Gasteiger partial charge in [-0.1, -0.05) is 66.7 Å². The second-order valence-corrected chi connectivity index (χ2v) is 11.1. The number of carboxylic acid groups (broad SMARTS) is 1. The summed E-state index contributed by atoms with van der Waals surface area (Å²) < 4.78 is 0. The molecule has 0 fully saturated rings. The minimum absolute atomic E-state index is 0.0325. The Bertz CT molecular complexity index is 1810. The minimum Gasteiger partial charge on any atom is -0.480 e.